The Kier molecular flexibility index (Phi) is 4.77. The zero-order chi connectivity index (χ0) is 14.5. The van der Waals surface area contributed by atoms with Crippen molar-refractivity contribution in [2.45, 2.75) is 45.6 Å². The van der Waals surface area contributed by atoms with Crippen LogP contribution in [0.25, 0.3) is 0 Å². The number of nitrogens with one attached hydrogen (secondary N) is 1. The molecule has 1 heterocycles. The summed E-state index contributed by atoms with van der Waals surface area (Å²) in [6, 6.07) is 7.51. The minimum absolute atomic E-state index is 0.0435. The Morgan fingerprint density at radius 1 is 1.25 bits per heavy atom. The molecule has 1 aromatic carbocycles. The average Bonchev–Trinajstić information content (AvgIpc) is 2.91. The van der Waals surface area contributed by atoms with Crippen molar-refractivity contribution in [2.75, 3.05) is 11.4 Å². The van der Waals surface area contributed by atoms with E-state index in [0.717, 1.165) is 31.5 Å². The summed E-state index contributed by atoms with van der Waals surface area (Å²) >= 11 is 0. The third kappa shape index (κ3) is 3.18. The van der Waals surface area contributed by atoms with E-state index in [0.29, 0.717) is 12.0 Å². The number of carbonyl (C=O) groups is 2. The lowest BCUT2D eigenvalue weighted by Crippen LogP contribution is -2.33. The van der Waals surface area contributed by atoms with Crippen molar-refractivity contribution in [3.05, 3.63) is 29.8 Å². The molecule has 0 bridgehead atoms. The van der Waals surface area contributed by atoms with Gasteiger partial charge < -0.3 is 10.2 Å². The normalized spacial score (nSPS) is 14.9. The lowest BCUT2D eigenvalue weighted by atomic mass is 10.1. The van der Waals surface area contributed by atoms with Crippen molar-refractivity contribution < 1.29 is 9.59 Å². The van der Waals surface area contributed by atoms with Crippen molar-refractivity contribution in [1.82, 2.24) is 5.32 Å². The van der Waals surface area contributed by atoms with Crippen LogP contribution >= 0.6 is 0 Å². The summed E-state index contributed by atoms with van der Waals surface area (Å²) < 4.78 is 0. The van der Waals surface area contributed by atoms with Gasteiger partial charge in [0.2, 0.25) is 5.91 Å². The van der Waals surface area contributed by atoms with Crippen LogP contribution in [0.3, 0.4) is 0 Å². The van der Waals surface area contributed by atoms with Gasteiger partial charge in [-0.1, -0.05) is 13.8 Å². The second kappa shape index (κ2) is 6.55. The molecule has 2 amide bonds. The Morgan fingerprint density at radius 3 is 2.40 bits per heavy atom. The highest BCUT2D eigenvalue weighted by Gasteiger charge is 2.21. The van der Waals surface area contributed by atoms with Crippen LogP contribution in [-0.2, 0) is 4.79 Å². The fraction of sp³-hybridized carbons (Fsp3) is 0.500. The Morgan fingerprint density at radius 2 is 1.90 bits per heavy atom. The summed E-state index contributed by atoms with van der Waals surface area (Å²) in [6.07, 6.45) is 3.40. The summed E-state index contributed by atoms with van der Waals surface area (Å²) in [7, 11) is 0. The average molecular weight is 274 g/mol. The molecule has 0 saturated carbocycles. The summed E-state index contributed by atoms with van der Waals surface area (Å²) in [5.74, 6) is 0.122. The minimum Gasteiger partial charge on any atom is -0.349 e. The highest BCUT2D eigenvalue weighted by Crippen LogP contribution is 2.21. The summed E-state index contributed by atoms with van der Waals surface area (Å²) in [4.78, 5) is 25.5. The second-order valence-corrected chi connectivity index (χ2v) is 5.18. The molecule has 2 rings (SSSR count). The highest BCUT2D eigenvalue weighted by atomic mass is 16.2. The lowest BCUT2D eigenvalue weighted by molar-refractivity contribution is -0.117. The molecule has 0 spiro atoms. The molecule has 4 nitrogen and oxygen atoms in total. The largest absolute Gasteiger partial charge is 0.349 e. The van der Waals surface area contributed by atoms with Crippen LogP contribution < -0.4 is 10.2 Å². The van der Waals surface area contributed by atoms with Gasteiger partial charge in [-0.25, -0.2) is 0 Å². The summed E-state index contributed by atoms with van der Waals surface area (Å²) in [5, 5.41) is 3.01. The number of hydrogen-bond acceptors (Lipinski definition) is 2. The van der Waals surface area contributed by atoms with Gasteiger partial charge in [-0.15, -0.1) is 0 Å². The van der Waals surface area contributed by atoms with Gasteiger partial charge in [-0.3, -0.25) is 9.59 Å². The lowest BCUT2D eigenvalue weighted by Gasteiger charge is -2.17. The van der Waals surface area contributed by atoms with Gasteiger partial charge in [0.1, 0.15) is 0 Å². The van der Waals surface area contributed by atoms with E-state index in [2.05, 4.69) is 19.2 Å². The maximum absolute atomic E-state index is 12.1. The Labute approximate surface area is 120 Å². The SMILES string of the molecule is CCC(CC)NC(=O)c1ccc(N2CCCC2=O)cc1. The van der Waals surface area contributed by atoms with Crippen LogP contribution in [0.15, 0.2) is 24.3 Å². The van der Waals surface area contributed by atoms with Crippen molar-refractivity contribution in [3.63, 3.8) is 0 Å². The van der Waals surface area contributed by atoms with Crippen molar-refractivity contribution in [2.24, 2.45) is 0 Å². The molecule has 1 aromatic rings. The molecular formula is C16H22N2O2. The van der Waals surface area contributed by atoms with Gasteiger partial charge in [0.15, 0.2) is 0 Å². The smallest absolute Gasteiger partial charge is 0.251 e. The van der Waals surface area contributed by atoms with Crippen LogP contribution in [-0.4, -0.2) is 24.4 Å². The quantitative estimate of drug-likeness (QED) is 0.897. The van der Waals surface area contributed by atoms with Crippen LogP contribution in [0.4, 0.5) is 5.69 Å². The van der Waals surface area contributed by atoms with Gasteiger partial charge in [0.25, 0.3) is 5.91 Å². The van der Waals surface area contributed by atoms with Crippen LogP contribution in [0.2, 0.25) is 0 Å². The Hall–Kier alpha value is -1.84. The molecule has 1 fully saturated rings. The number of anilines is 1. The predicted molar refractivity (Wildman–Crippen MR) is 79.9 cm³/mol. The first-order valence-corrected chi connectivity index (χ1v) is 7.37. The first-order valence-electron chi connectivity index (χ1n) is 7.37. The topological polar surface area (TPSA) is 49.4 Å². The molecule has 4 heteroatoms. The molecule has 20 heavy (non-hydrogen) atoms. The number of hydrogen-bond donors (Lipinski definition) is 1. The fourth-order valence-corrected chi connectivity index (χ4v) is 2.48. The molecule has 0 atom stereocenters. The second-order valence-electron chi connectivity index (χ2n) is 5.18. The third-order valence-electron chi connectivity index (χ3n) is 3.84. The van der Waals surface area contributed by atoms with Crippen molar-refractivity contribution in [1.29, 1.82) is 0 Å². The zero-order valence-corrected chi connectivity index (χ0v) is 12.2. The third-order valence-corrected chi connectivity index (χ3v) is 3.84. The molecule has 1 saturated heterocycles. The van der Waals surface area contributed by atoms with E-state index in [1.807, 2.05) is 12.1 Å². The van der Waals surface area contributed by atoms with Gasteiger partial charge in [-0.2, -0.15) is 0 Å². The fourth-order valence-electron chi connectivity index (χ4n) is 2.48. The van der Waals surface area contributed by atoms with Crippen LogP contribution in [0, 0.1) is 0 Å². The summed E-state index contributed by atoms with van der Waals surface area (Å²) in [5.41, 5.74) is 1.53. The van der Waals surface area contributed by atoms with Gasteiger partial charge in [-0.05, 0) is 43.5 Å². The molecule has 1 N–H and O–H groups in total. The number of rotatable bonds is 5. The Bertz CT molecular complexity index is 478. The van der Waals surface area contributed by atoms with E-state index in [1.54, 1.807) is 17.0 Å². The molecule has 0 unspecified atom stereocenters. The standard InChI is InChI=1S/C16H22N2O2/c1-3-13(4-2)17-16(20)12-7-9-14(10-8-12)18-11-5-6-15(18)19/h7-10,13H,3-6,11H2,1-2H3,(H,17,20). The molecule has 1 aliphatic rings. The van der Waals surface area contributed by atoms with Gasteiger partial charge >= 0.3 is 0 Å². The van der Waals surface area contributed by atoms with E-state index in [4.69, 9.17) is 0 Å². The summed E-state index contributed by atoms with van der Waals surface area (Å²) in [6.45, 7) is 4.91. The molecule has 1 aliphatic heterocycles. The minimum atomic E-state index is -0.0435. The van der Waals surface area contributed by atoms with E-state index in [1.165, 1.54) is 0 Å². The van der Waals surface area contributed by atoms with Gasteiger partial charge in [0.05, 0.1) is 0 Å². The van der Waals surface area contributed by atoms with Gasteiger partial charge in [0, 0.05) is 30.3 Å². The maximum Gasteiger partial charge on any atom is 0.251 e. The number of nitrogens with zero attached hydrogens (tertiary/aromatic N) is 1. The van der Waals surface area contributed by atoms with Crippen molar-refractivity contribution >= 4 is 17.5 Å². The van der Waals surface area contributed by atoms with Crippen LogP contribution in [0.1, 0.15) is 49.9 Å². The molecule has 108 valence electrons. The van der Waals surface area contributed by atoms with E-state index in [-0.39, 0.29) is 17.9 Å². The molecular weight excluding hydrogens is 252 g/mol. The highest BCUT2D eigenvalue weighted by molar-refractivity contribution is 5.97. The predicted octanol–water partition coefficient (Wildman–Crippen LogP) is 2.73. The Balaban J connectivity index is 2.04. The maximum atomic E-state index is 12.1. The van der Waals surface area contributed by atoms with E-state index in [9.17, 15) is 9.59 Å². The first-order chi connectivity index (χ1) is 9.65. The van der Waals surface area contributed by atoms with Crippen LogP contribution in [0.5, 0.6) is 0 Å². The molecule has 0 aliphatic carbocycles. The first kappa shape index (κ1) is 14.6. The van der Waals surface area contributed by atoms with Crippen molar-refractivity contribution in [3.8, 4) is 0 Å². The zero-order valence-electron chi connectivity index (χ0n) is 12.2. The number of carbonyl (C=O) groups excluding carboxylic acids is 2. The monoisotopic (exact) mass is 274 g/mol. The molecule has 0 aromatic heterocycles. The van der Waals surface area contributed by atoms with E-state index < -0.39 is 0 Å². The molecule has 0 radical (unpaired) electrons. The number of benzene rings is 1. The number of amides is 2. The van der Waals surface area contributed by atoms with E-state index >= 15 is 0 Å².